The van der Waals surface area contributed by atoms with Gasteiger partial charge in [-0.1, -0.05) is 37.3 Å². The van der Waals surface area contributed by atoms with E-state index in [1.165, 1.54) is 5.56 Å². The topological polar surface area (TPSA) is 61.8 Å². The van der Waals surface area contributed by atoms with Crippen LogP contribution in [0.2, 0.25) is 0 Å². The van der Waals surface area contributed by atoms with Crippen LogP contribution in [0.4, 0.5) is 0 Å². The van der Waals surface area contributed by atoms with Crippen LogP contribution < -0.4 is 5.32 Å². The molecule has 0 aliphatic rings. The number of hydrogen-bond acceptors (Lipinski definition) is 4. The van der Waals surface area contributed by atoms with Crippen LogP contribution in [0.1, 0.15) is 18.4 Å². The van der Waals surface area contributed by atoms with E-state index < -0.39 is 6.10 Å². The first kappa shape index (κ1) is 17.6. The summed E-state index contributed by atoms with van der Waals surface area (Å²) < 4.78 is 4.86. The summed E-state index contributed by atoms with van der Waals surface area (Å²) in [6.45, 7) is 3.65. The third-order valence-corrected chi connectivity index (χ3v) is 3.27. The lowest BCUT2D eigenvalue weighted by atomic mass is 10.0. The normalized spacial score (nSPS) is 14.0. The zero-order chi connectivity index (χ0) is 15.7. The molecule has 2 atom stereocenters. The van der Waals surface area contributed by atoms with E-state index in [0.717, 1.165) is 0 Å². The monoisotopic (exact) mass is 294 g/mol. The molecule has 5 heteroatoms. The molecule has 0 saturated heterocycles. The molecule has 0 aromatic heterocycles. The van der Waals surface area contributed by atoms with E-state index in [9.17, 15) is 9.90 Å². The van der Waals surface area contributed by atoms with Gasteiger partial charge < -0.3 is 15.2 Å². The number of methoxy groups -OCH3 is 1. The van der Waals surface area contributed by atoms with Crippen LogP contribution >= 0.6 is 0 Å². The zero-order valence-electron chi connectivity index (χ0n) is 13.1. The summed E-state index contributed by atoms with van der Waals surface area (Å²) in [5, 5.41) is 12.5. The highest BCUT2D eigenvalue weighted by atomic mass is 16.5. The van der Waals surface area contributed by atoms with Gasteiger partial charge in [-0.25, -0.2) is 0 Å². The minimum absolute atomic E-state index is 0.0371. The molecule has 1 rings (SSSR count). The average Bonchev–Trinajstić information content (AvgIpc) is 2.45. The first-order chi connectivity index (χ1) is 10.0. The Morgan fingerprint density at radius 1 is 1.38 bits per heavy atom. The molecule has 21 heavy (non-hydrogen) atoms. The fourth-order valence-electron chi connectivity index (χ4n) is 2.14. The third-order valence-electron chi connectivity index (χ3n) is 3.27. The van der Waals surface area contributed by atoms with Crippen LogP contribution in [0.5, 0.6) is 0 Å². The SMILES string of the molecule is COCC(O)CN(C)CC(=O)NCC(C)c1ccccc1. The lowest BCUT2D eigenvalue weighted by Crippen LogP contribution is -2.40. The molecule has 118 valence electrons. The maximum absolute atomic E-state index is 11.9. The number of nitrogens with zero attached hydrogens (tertiary/aromatic N) is 1. The van der Waals surface area contributed by atoms with Crippen molar-refractivity contribution in [2.75, 3.05) is 40.4 Å². The zero-order valence-corrected chi connectivity index (χ0v) is 13.1. The van der Waals surface area contributed by atoms with Gasteiger partial charge in [0.15, 0.2) is 0 Å². The van der Waals surface area contributed by atoms with Crippen molar-refractivity contribution in [2.24, 2.45) is 0 Å². The van der Waals surface area contributed by atoms with Crippen molar-refractivity contribution in [2.45, 2.75) is 18.9 Å². The van der Waals surface area contributed by atoms with Crippen molar-refractivity contribution in [3.63, 3.8) is 0 Å². The number of benzene rings is 1. The molecule has 0 heterocycles. The predicted octanol–water partition coefficient (Wildman–Crippen LogP) is 0.845. The largest absolute Gasteiger partial charge is 0.389 e. The number of rotatable bonds is 9. The van der Waals surface area contributed by atoms with Gasteiger partial charge in [0.05, 0.1) is 19.3 Å². The summed E-state index contributed by atoms with van der Waals surface area (Å²) in [5.41, 5.74) is 1.21. The van der Waals surface area contributed by atoms with Crippen molar-refractivity contribution in [1.82, 2.24) is 10.2 Å². The van der Waals surface area contributed by atoms with Crippen LogP contribution in [0.3, 0.4) is 0 Å². The smallest absolute Gasteiger partial charge is 0.234 e. The van der Waals surface area contributed by atoms with Gasteiger partial charge in [-0.15, -0.1) is 0 Å². The molecule has 5 nitrogen and oxygen atoms in total. The molecule has 0 radical (unpaired) electrons. The highest BCUT2D eigenvalue weighted by Gasteiger charge is 2.12. The van der Waals surface area contributed by atoms with Gasteiger partial charge >= 0.3 is 0 Å². The summed E-state index contributed by atoms with van der Waals surface area (Å²) in [7, 11) is 3.35. The predicted molar refractivity (Wildman–Crippen MR) is 83.2 cm³/mol. The minimum atomic E-state index is -0.573. The lowest BCUT2D eigenvalue weighted by molar-refractivity contribution is -0.122. The number of aliphatic hydroxyl groups excluding tert-OH is 1. The highest BCUT2D eigenvalue weighted by Crippen LogP contribution is 2.12. The van der Waals surface area contributed by atoms with Crippen LogP contribution in [-0.4, -0.2) is 62.4 Å². The Balaban J connectivity index is 2.27. The first-order valence-electron chi connectivity index (χ1n) is 7.20. The quantitative estimate of drug-likeness (QED) is 0.709. The van der Waals surface area contributed by atoms with E-state index >= 15 is 0 Å². The minimum Gasteiger partial charge on any atom is -0.389 e. The number of likely N-dealkylation sites (N-methyl/N-ethyl adjacent to an activating group) is 1. The fraction of sp³-hybridized carbons (Fsp3) is 0.562. The Bertz CT molecular complexity index is 411. The average molecular weight is 294 g/mol. The van der Waals surface area contributed by atoms with Gasteiger partial charge in [0.25, 0.3) is 0 Å². The van der Waals surface area contributed by atoms with Crippen LogP contribution in [0.15, 0.2) is 30.3 Å². The van der Waals surface area contributed by atoms with Gasteiger partial charge in [-0.3, -0.25) is 9.69 Å². The van der Waals surface area contributed by atoms with Gasteiger partial charge in [-0.05, 0) is 18.5 Å². The van der Waals surface area contributed by atoms with Crippen molar-refractivity contribution in [1.29, 1.82) is 0 Å². The fourth-order valence-corrected chi connectivity index (χ4v) is 2.14. The van der Waals surface area contributed by atoms with Gasteiger partial charge in [0, 0.05) is 20.2 Å². The lowest BCUT2D eigenvalue weighted by Gasteiger charge is -2.20. The highest BCUT2D eigenvalue weighted by molar-refractivity contribution is 5.78. The van der Waals surface area contributed by atoms with E-state index in [-0.39, 0.29) is 25.0 Å². The van der Waals surface area contributed by atoms with Crippen LogP contribution in [-0.2, 0) is 9.53 Å². The standard InChI is InChI=1S/C16H26N2O3/c1-13(14-7-5-4-6-8-14)9-17-16(20)11-18(2)10-15(19)12-21-3/h4-8,13,15,19H,9-12H2,1-3H3,(H,17,20). The molecule has 1 aromatic rings. The van der Waals surface area contributed by atoms with E-state index in [1.807, 2.05) is 18.2 Å². The third kappa shape index (κ3) is 7.22. The molecule has 1 aromatic carbocycles. The van der Waals surface area contributed by atoms with Crippen molar-refractivity contribution in [3.05, 3.63) is 35.9 Å². The second-order valence-corrected chi connectivity index (χ2v) is 5.42. The van der Waals surface area contributed by atoms with E-state index in [1.54, 1.807) is 19.1 Å². The number of carbonyl (C=O) groups excluding carboxylic acids is 1. The summed E-state index contributed by atoms with van der Waals surface area (Å²) in [5.74, 6) is 0.240. The van der Waals surface area contributed by atoms with Crippen LogP contribution in [0.25, 0.3) is 0 Å². The van der Waals surface area contributed by atoms with E-state index in [0.29, 0.717) is 13.1 Å². The Morgan fingerprint density at radius 2 is 2.05 bits per heavy atom. The molecule has 0 bridgehead atoms. The second kappa shape index (κ2) is 9.50. The number of aliphatic hydroxyl groups is 1. The molecular formula is C16H26N2O3. The summed E-state index contributed by atoms with van der Waals surface area (Å²) in [6.07, 6.45) is -0.573. The van der Waals surface area contributed by atoms with E-state index in [4.69, 9.17) is 4.74 Å². The number of carbonyl (C=O) groups is 1. The Kier molecular flexibility index (Phi) is 7.97. The Hall–Kier alpha value is -1.43. The summed E-state index contributed by atoms with van der Waals surface area (Å²) in [6, 6.07) is 10.1. The molecule has 2 N–H and O–H groups in total. The molecule has 1 amide bonds. The molecule has 0 fully saturated rings. The van der Waals surface area contributed by atoms with Gasteiger partial charge in [0.1, 0.15) is 0 Å². The molecule has 0 spiro atoms. The maximum atomic E-state index is 11.9. The molecule has 0 aliphatic heterocycles. The van der Waals surface area contributed by atoms with E-state index in [2.05, 4.69) is 24.4 Å². The van der Waals surface area contributed by atoms with Crippen molar-refractivity contribution in [3.8, 4) is 0 Å². The molecule has 0 saturated carbocycles. The summed E-state index contributed by atoms with van der Waals surface area (Å²) >= 11 is 0. The maximum Gasteiger partial charge on any atom is 0.234 e. The van der Waals surface area contributed by atoms with Crippen LogP contribution in [0, 0.1) is 0 Å². The summed E-state index contributed by atoms with van der Waals surface area (Å²) in [4.78, 5) is 13.6. The van der Waals surface area contributed by atoms with Gasteiger partial charge in [0.2, 0.25) is 5.91 Å². The molecule has 0 aliphatic carbocycles. The number of amides is 1. The van der Waals surface area contributed by atoms with Crippen molar-refractivity contribution >= 4 is 5.91 Å². The number of hydrogen-bond donors (Lipinski definition) is 2. The number of ether oxygens (including phenoxy) is 1. The van der Waals surface area contributed by atoms with Crippen molar-refractivity contribution < 1.29 is 14.6 Å². The van der Waals surface area contributed by atoms with Gasteiger partial charge in [-0.2, -0.15) is 0 Å². The molecular weight excluding hydrogens is 268 g/mol. The second-order valence-electron chi connectivity index (χ2n) is 5.42. The Labute approximate surface area is 126 Å². The Morgan fingerprint density at radius 3 is 2.67 bits per heavy atom. The first-order valence-corrected chi connectivity index (χ1v) is 7.20. The number of nitrogens with one attached hydrogen (secondary N) is 1. The molecule has 2 unspecified atom stereocenters.